The fraction of sp³-hybridized carbons (Fsp3) is 0.455. The van der Waals surface area contributed by atoms with Crippen molar-refractivity contribution in [2.45, 2.75) is 12.8 Å². The van der Waals surface area contributed by atoms with Crippen LogP contribution in [0.3, 0.4) is 0 Å². The summed E-state index contributed by atoms with van der Waals surface area (Å²) in [4.78, 5) is 17.0. The van der Waals surface area contributed by atoms with E-state index in [4.69, 9.17) is 0 Å². The highest BCUT2D eigenvalue weighted by atomic mass is 19.1. The summed E-state index contributed by atoms with van der Waals surface area (Å²) in [6, 6.07) is 1.42. The summed E-state index contributed by atoms with van der Waals surface area (Å²) < 4.78 is 13.2. The molecule has 1 heterocycles. The summed E-state index contributed by atoms with van der Waals surface area (Å²) in [7, 11) is 1.71. The van der Waals surface area contributed by atoms with Crippen LogP contribution in [0.2, 0.25) is 0 Å². The Morgan fingerprint density at radius 2 is 2.40 bits per heavy atom. The molecule has 0 bridgehead atoms. The molecule has 0 atom stereocenters. The SMILES string of the molecule is CN(CC1CC1)C(=O)c1ccncc1F. The van der Waals surface area contributed by atoms with Crippen LogP contribution in [0.25, 0.3) is 0 Å². The van der Waals surface area contributed by atoms with Gasteiger partial charge >= 0.3 is 0 Å². The third kappa shape index (κ3) is 2.32. The minimum Gasteiger partial charge on any atom is -0.341 e. The fourth-order valence-corrected chi connectivity index (χ4v) is 1.52. The lowest BCUT2D eigenvalue weighted by Crippen LogP contribution is -2.29. The van der Waals surface area contributed by atoms with E-state index >= 15 is 0 Å². The third-order valence-electron chi connectivity index (χ3n) is 2.58. The van der Waals surface area contributed by atoms with Gasteiger partial charge in [0.25, 0.3) is 5.91 Å². The Balaban J connectivity index is 2.08. The lowest BCUT2D eigenvalue weighted by molar-refractivity contribution is 0.0784. The van der Waals surface area contributed by atoms with Crippen LogP contribution >= 0.6 is 0 Å². The summed E-state index contributed by atoms with van der Waals surface area (Å²) in [5.74, 6) is -0.198. The van der Waals surface area contributed by atoms with Crippen LogP contribution in [0.15, 0.2) is 18.5 Å². The zero-order chi connectivity index (χ0) is 10.8. The number of amides is 1. The van der Waals surface area contributed by atoms with E-state index in [2.05, 4.69) is 4.98 Å². The van der Waals surface area contributed by atoms with Crippen molar-refractivity contribution in [1.29, 1.82) is 0 Å². The zero-order valence-electron chi connectivity index (χ0n) is 8.61. The number of aromatic nitrogens is 1. The molecule has 3 nitrogen and oxygen atoms in total. The Kier molecular flexibility index (Phi) is 2.66. The average molecular weight is 208 g/mol. The first kappa shape index (κ1) is 10.1. The Bertz CT molecular complexity index is 377. The van der Waals surface area contributed by atoms with E-state index in [9.17, 15) is 9.18 Å². The van der Waals surface area contributed by atoms with Gasteiger partial charge in [0.15, 0.2) is 5.82 Å². The molecule has 0 saturated heterocycles. The van der Waals surface area contributed by atoms with Gasteiger partial charge < -0.3 is 4.90 Å². The smallest absolute Gasteiger partial charge is 0.256 e. The molecule has 1 aliphatic rings. The first-order valence-electron chi connectivity index (χ1n) is 5.03. The number of nitrogens with zero attached hydrogens (tertiary/aromatic N) is 2. The van der Waals surface area contributed by atoms with E-state index in [-0.39, 0.29) is 11.5 Å². The standard InChI is InChI=1S/C11H13FN2O/c1-14(7-8-2-3-8)11(15)9-4-5-13-6-10(9)12/h4-6,8H,2-3,7H2,1H3. The maximum absolute atomic E-state index is 13.2. The quantitative estimate of drug-likeness (QED) is 0.757. The van der Waals surface area contributed by atoms with Crippen molar-refractivity contribution in [3.05, 3.63) is 29.8 Å². The van der Waals surface area contributed by atoms with Crippen LogP contribution < -0.4 is 0 Å². The molecular weight excluding hydrogens is 195 g/mol. The molecule has 0 aromatic carbocycles. The molecule has 2 rings (SSSR count). The van der Waals surface area contributed by atoms with E-state index in [1.54, 1.807) is 11.9 Å². The summed E-state index contributed by atoms with van der Waals surface area (Å²) in [5, 5.41) is 0. The number of carbonyl (C=O) groups is 1. The average Bonchev–Trinajstić information content (AvgIpc) is 3.01. The molecule has 1 aromatic rings. The molecule has 1 aliphatic carbocycles. The normalized spacial score (nSPS) is 15.1. The first-order chi connectivity index (χ1) is 7.18. The monoisotopic (exact) mass is 208 g/mol. The lowest BCUT2D eigenvalue weighted by atomic mass is 10.2. The maximum Gasteiger partial charge on any atom is 0.256 e. The third-order valence-corrected chi connectivity index (χ3v) is 2.58. The van der Waals surface area contributed by atoms with Crippen molar-refractivity contribution in [3.8, 4) is 0 Å². The molecule has 15 heavy (non-hydrogen) atoms. The van der Waals surface area contributed by atoms with Crippen LogP contribution in [0.5, 0.6) is 0 Å². The Morgan fingerprint density at radius 3 is 3.00 bits per heavy atom. The van der Waals surface area contributed by atoms with E-state index in [1.165, 1.54) is 25.1 Å². The van der Waals surface area contributed by atoms with E-state index in [0.717, 1.165) is 12.7 Å². The minimum absolute atomic E-state index is 0.105. The van der Waals surface area contributed by atoms with Crippen molar-refractivity contribution in [2.24, 2.45) is 5.92 Å². The van der Waals surface area contributed by atoms with Gasteiger partial charge in [-0.3, -0.25) is 9.78 Å². The highest BCUT2D eigenvalue weighted by molar-refractivity contribution is 5.94. The number of carbonyl (C=O) groups excluding carboxylic acids is 1. The summed E-state index contributed by atoms with van der Waals surface area (Å²) in [6.07, 6.45) is 4.85. The predicted octanol–water partition coefficient (Wildman–Crippen LogP) is 1.70. The lowest BCUT2D eigenvalue weighted by Gasteiger charge is -2.16. The van der Waals surface area contributed by atoms with Crippen LogP contribution in [0.1, 0.15) is 23.2 Å². The topological polar surface area (TPSA) is 33.2 Å². The zero-order valence-corrected chi connectivity index (χ0v) is 8.61. The van der Waals surface area contributed by atoms with Gasteiger partial charge in [0.05, 0.1) is 11.8 Å². The van der Waals surface area contributed by atoms with E-state index in [1.807, 2.05) is 0 Å². The molecule has 4 heteroatoms. The molecule has 0 radical (unpaired) electrons. The highest BCUT2D eigenvalue weighted by Crippen LogP contribution is 2.29. The molecule has 1 aromatic heterocycles. The Morgan fingerprint density at radius 1 is 1.67 bits per heavy atom. The van der Waals surface area contributed by atoms with Gasteiger partial charge in [-0.1, -0.05) is 0 Å². The molecule has 1 saturated carbocycles. The van der Waals surface area contributed by atoms with Gasteiger partial charge in [-0.05, 0) is 24.8 Å². The first-order valence-corrected chi connectivity index (χ1v) is 5.03. The van der Waals surface area contributed by atoms with Crippen LogP contribution in [-0.4, -0.2) is 29.4 Å². The molecule has 0 N–H and O–H groups in total. The Hall–Kier alpha value is -1.45. The van der Waals surface area contributed by atoms with Crippen molar-refractivity contribution < 1.29 is 9.18 Å². The van der Waals surface area contributed by atoms with Crippen molar-refractivity contribution >= 4 is 5.91 Å². The van der Waals surface area contributed by atoms with Crippen LogP contribution in [-0.2, 0) is 0 Å². The molecule has 0 aliphatic heterocycles. The maximum atomic E-state index is 13.2. The summed E-state index contributed by atoms with van der Waals surface area (Å²) in [5.41, 5.74) is 0.105. The number of hydrogen-bond donors (Lipinski definition) is 0. The van der Waals surface area contributed by atoms with Crippen molar-refractivity contribution in [1.82, 2.24) is 9.88 Å². The molecule has 0 spiro atoms. The van der Waals surface area contributed by atoms with Crippen LogP contribution in [0, 0.1) is 11.7 Å². The van der Waals surface area contributed by atoms with Crippen molar-refractivity contribution in [2.75, 3.05) is 13.6 Å². The molecule has 0 unspecified atom stereocenters. The predicted molar refractivity (Wildman–Crippen MR) is 53.9 cm³/mol. The molecular formula is C11H13FN2O. The van der Waals surface area contributed by atoms with E-state index in [0.29, 0.717) is 5.92 Å². The fourth-order valence-electron chi connectivity index (χ4n) is 1.52. The summed E-state index contributed by atoms with van der Waals surface area (Å²) >= 11 is 0. The van der Waals surface area contributed by atoms with Gasteiger partial charge in [0.1, 0.15) is 0 Å². The van der Waals surface area contributed by atoms with Gasteiger partial charge in [0.2, 0.25) is 0 Å². The van der Waals surface area contributed by atoms with Gasteiger partial charge in [-0.25, -0.2) is 4.39 Å². The second-order valence-electron chi connectivity index (χ2n) is 3.98. The Labute approximate surface area is 87.9 Å². The highest BCUT2D eigenvalue weighted by Gasteiger charge is 2.26. The van der Waals surface area contributed by atoms with E-state index < -0.39 is 5.82 Å². The molecule has 1 fully saturated rings. The number of halogens is 1. The van der Waals surface area contributed by atoms with Gasteiger partial charge in [-0.15, -0.1) is 0 Å². The number of hydrogen-bond acceptors (Lipinski definition) is 2. The molecule has 80 valence electrons. The second-order valence-corrected chi connectivity index (χ2v) is 3.98. The van der Waals surface area contributed by atoms with Gasteiger partial charge in [-0.2, -0.15) is 0 Å². The number of pyridine rings is 1. The summed E-state index contributed by atoms with van der Waals surface area (Å²) in [6.45, 7) is 0.723. The minimum atomic E-state index is -0.551. The van der Waals surface area contributed by atoms with Gasteiger partial charge in [0, 0.05) is 19.8 Å². The van der Waals surface area contributed by atoms with Crippen LogP contribution in [0.4, 0.5) is 4.39 Å². The van der Waals surface area contributed by atoms with Crippen molar-refractivity contribution in [3.63, 3.8) is 0 Å². The molecule has 1 amide bonds. The largest absolute Gasteiger partial charge is 0.341 e. The second kappa shape index (κ2) is 3.96. The number of rotatable bonds is 3.